The van der Waals surface area contributed by atoms with Crippen molar-refractivity contribution in [3.05, 3.63) is 175 Å². The van der Waals surface area contributed by atoms with Crippen molar-refractivity contribution in [2.45, 2.75) is 84.0 Å². The first kappa shape index (κ1) is 46.6. The van der Waals surface area contributed by atoms with Crippen molar-refractivity contribution in [3.8, 4) is 50.6 Å². The van der Waals surface area contributed by atoms with E-state index in [-0.39, 0.29) is 31.9 Å². The fourth-order valence-corrected chi connectivity index (χ4v) is 11.9. The number of rotatable bonds is 10. The van der Waals surface area contributed by atoms with Crippen LogP contribution in [0.25, 0.3) is 72.6 Å². The molecule has 1 radical (unpaired) electrons. The van der Waals surface area contributed by atoms with E-state index in [2.05, 4.69) is 184 Å². The SMILES string of the molecule is CC(C)Cc1cc(-c2[c-]cccc2)nc[c]1[Ge]([CH3])([CH3])[CH3].Cc1cc(-c2ccc3o[c-]c(-c4nc5ccccc5n4-c4c(C(C)C)cc(-c5ccccc5)cc4C(C)C)c3c2)ccn1.[Ir]. The number of aromatic nitrogens is 4. The van der Waals surface area contributed by atoms with Crippen LogP contribution in [0.3, 0.4) is 0 Å². The molecular weight excluding hydrogens is 1020 g/mol. The second-order valence-electron chi connectivity index (χ2n) is 18.8. The van der Waals surface area contributed by atoms with E-state index in [1.165, 1.54) is 33.5 Å². The molecular formula is C57H58GeIrN4O-2. The smallest absolute Gasteiger partial charge is 0.0774 e. The second kappa shape index (κ2) is 19.8. The first-order valence-corrected chi connectivity index (χ1v) is 29.7. The van der Waals surface area contributed by atoms with Crippen molar-refractivity contribution in [3.63, 3.8) is 0 Å². The number of aryl methyl sites for hydroxylation is 1. The summed E-state index contributed by atoms with van der Waals surface area (Å²) < 4.78 is 9.93. The van der Waals surface area contributed by atoms with Crippen molar-refractivity contribution in [2.75, 3.05) is 0 Å². The number of furan rings is 1. The number of imidazole rings is 1. The molecule has 0 spiro atoms. The normalized spacial score (nSPS) is 11.6. The Morgan fingerprint density at radius 1 is 0.688 bits per heavy atom. The Labute approximate surface area is 396 Å². The summed E-state index contributed by atoms with van der Waals surface area (Å²) >= 11 is -1.86. The van der Waals surface area contributed by atoms with Crippen LogP contribution in [-0.4, -0.2) is 32.8 Å². The van der Waals surface area contributed by atoms with E-state index in [9.17, 15) is 0 Å². The van der Waals surface area contributed by atoms with Crippen LogP contribution in [0.15, 0.2) is 144 Å². The van der Waals surface area contributed by atoms with Crippen LogP contribution >= 0.6 is 0 Å². The molecule has 9 rings (SSSR count). The summed E-state index contributed by atoms with van der Waals surface area (Å²) in [5.41, 5.74) is 16.7. The molecule has 0 aliphatic carbocycles. The third-order valence-electron chi connectivity index (χ3n) is 11.7. The minimum atomic E-state index is -1.86. The summed E-state index contributed by atoms with van der Waals surface area (Å²) in [6.07, 6.45) is 8.38. The summed E-state index contributed by atoms with van der Waals surface area (Å²) in [6, 6.07) is 47.9. The summed E-state index contributed by atoms with van der Waals surface area (Å²) in [5.74, 6) is 9.40. The second-order valence-corrected chi connectivity index (χ2v) is 29.3. The topological polar surface area (TPSA) is 56.7 Å². The quantitative estimate of drug-likeness (QED) is 0.101. The van der Waals surface area contributed by atoms with E-state index in [0.717, 1.165) is 67.9 Å². The van der Waals surface area contributed by atoms with Crippen molar-refractivity contribution in [1.29, 1.82) is 0 Å². The molecule has 0 fully saturated rings. The molecule has 7 heteroatoms. The minimum Gasteiger partial charge on any atom is -0.557 e. The fraction of sp³-hybridized carbons (Fsp3) is 0.246. The van der Waals surface area contributed by atoms with E-state index in [0.29, 0.717) is 5.92 Å². The number of fused-ring (bicyclic) bond motifs is 2. The van der Waals surface area contributed by atoms with Gasteiger partial charge >= 0.3 is 126 Å². The van der Waals surface area contributed by atoms with Gasteiger partial charge in [-0.25, -0.2) is 0 Å². The molecule has 0 aliphatic rings. The number of benzene rings is 5. The van der Waals surface area contributed by atoms with Gasteiger partial charge in [0.25, 0.3) is 0 Å². The van der Waals surface area contributed by atoms with Crippen molar-refractivity contribution < 1.29 is 24.5 Å². The Kier molecular flexibility index (Phi) is 14.4. The average molecular weight is 1080 g/mol. The van der Waals surface area contributed by atoms with Crippen LogP contribution in [0.1, 0.15) is 75.8 Å². The van der Waals surface area contributed by atoms with Crippen molar-refractivity contribution in [2.24, 2.45) is 5.92 Å². The third kappa shape index (κ3) is 9.95. The number of pyridine rings is 2. The molecule has 0 aliphatic heterocycles. The number of hydrogen-bond acceptors (Lipinski definition) is 4. The summed E-state index contributed by atoms with van der Waals surface area (Å²) in [6.45, 7) is 15.7. The summed E-state index contributed by atoms with van der Waals surface area (Å²) in [7, 11) is 0. The monoisotopic (exact) mass is 1080 g/mol. The Hall–Kier alpha value is -5.40. The maximum atomic E-state index is 6.05. The van der Waals surface area contributed by atoms with Gasteiger partial charge in [0.15, 0.2) is 0 Å². The zero-order chi connectivity index (χ0) is 44.4. The molecule has 0 saturated heterocycles. The predicted molar refractivity (Wildman–Crippen MR) is 267 cm³/mol. The summed E-state index contributed by atoms with van der Waals surface area (Å²) in [5, 5.41) is 0.988. The van der Waals surface area contributed by atoms with E-state index in [1.807, 2.05) is 43.5 Å². The molecule has 0 amide bonds. The predicted octanol–water partition coefficient (Wildman–Crippen LogP) is 14.8. The van der Waals surface area contributed by atoms with Gasteiger partial charge in [0.1, 0.15) is 0 Å². The molecule has 4 heterocycles. The molecule has 9 aromatic rings. The van der Waals surface area contributed by atoms with Gasteiger partial charge in [-0.05, 0) is 88.5 Å². The van der Waals surface area contributed by atoms with Crippen LogP contribution in [-0.2, 0) is 26.5 Å². The van der Waals surface area contributed by atoms with Gasteiger partial charge in [-0.3, -0.25) is 9.97 Å². The van der Waals surface area contributed by atoms with Gasteiger partial charge in [0, 0.05) is 49.5 Å². The van der Waals surface area contributed by atoms with Crippen LogP contribution in [0.2, 0.25) is 17.3 Å². The van der Waals surface area contributed by atoms with E-state index < -0.39 is 13.3 Å². The van der Waals surface area contributed by atoms with Crippen molar-refractivity contribution in [1.82, 2.24) is 19.5 Å². The molecule has 0 N–H and O–H groups in total. The Balaban J connectivity index is 0.000000246. The van der Waals surface area contributed by atoms with Gasteiger partial charge in [0.05, 0.1) is 16.9 Å². The maximum absolute atomic E-state index is 6.05. The van der Waals surface area contributed by atoms with Crippen molar-refractivity contribution >= 4 is 39.7 Å². The fourth-order valence-electron chi connectivity index (χ4n) is 8.56. The average Bonchev–Trinajstić information content (AvgIpc) is 3.87. The maximum Gasteiger partial charge on any atom is 0.0774 e. The Morgan fingerprint density at radius 3 is 2.03 bits per heavy atom. The van der Waals surface area contributed by atoms with E-state index in [4.69, 9.17) is 14.4 Å². The van der Waals surface area contributed by atoms with Crippen LogP contribution in [0, 0.1) is 25.2 Å². The van der Waals surface area contributed by atoms with E-state index >= 15 is 0 Å². The molecule has 0 saturated carbocycles. The molecule has 64 heavy (non-hydrogen) atoms. The zero-order valence-electron chi connectivity index (χ0n) is 38.7. The number of nitrogens with zero attached hydrogens (tertiary/aromatic N) is 4. The molecule has 0 bridgehead atoms. The number of para-hydroxylation sites is 2. The van der Waals surface area contributed by atoms with Gasteiger partial charge < -0.3 is 8.98 Å². The van der Waals surface area contributed by atoms with Crippen LogP contribution < -0.4 is 4.40 Å². The minimum absolute atomic E-state index is 0. The van der Waals surface area contributed by atoms with Gasteiger partial charge in [-0.1, -0.05) is 99.3 Å². The molecule has 0 unspecified atom stereocenters. The van der Waals surface area contributed by atoms with Gasteiger partial charge in [-0.2, -0.15) is 0 Å². The first-order valence-electron chi connectivity index (χ1n) is 22.3. The standard InChI is InChI=1S/C39H34N3O.C18H24GeN.Ir/c1-24(2)31-21-30(27-11-7-6-8-12-27)22-32(25(3)4)38(31)42-36-14-10-9-13-35(36)41-39(42)34-23-43-37-16-15-28(20-33(34)37)29-17-18-40-26(5)19-29;1-14(2)11-16-12-18(15-9-7-6-8-10-15)20-13-17(16)19(3,4)5;/h6-22,24-25H,1-5H3;6-9,12-14H,11H2,1-5H3;/q2*-1;. The third-order valence-corrected chi connectivity index (χ3v) is 16.0. The zero-order valence-corrected chi connectivity index (χ0v) is 43.2. The van der Waals surface area contributed by atoms with Crippen LogP contribution in [0.5, 0.6) is 0 Å². The number of hydrogen-bond donors (Lipinski definition) is 0. The first-order chi connectivity index (χ1) is 30.3. The van der Waals surface area contributed by atoms with Crippen LogP contribution in [0.4, 0.5) is 0 Å². The Morgan fingerprint density at radius 2 is 1.38 bits per heavy atom. The van der Waals surface area contributed by atoms with E-state index in [1.54, 1.807) is 4.40 Å². The van der Waals surface area contributed by atoms with Gasteiger partial charge in [-0.15, -0.1) is 0 Å². The largest absolute Gasteiger partial charge is 0.557 e. The summed E-state index contributed by atoms with van der Waals surface area (Å²) in [4.78, 5) is 14.3. The molecule has 327 valence electrons. The van der Waals surface area contributed by atoms with Gasteiger partial charge in [0.2, 0.25) is 0 Å². The molecule has 5 aromatic carbocycles. The molecule has 5 nitrogen and oxygen atoms in total. The molecule has 4 aromatic heterocycles. The molecule has 0 atom stereocenters. The Bertz CT molecular complexity index is 2990.